The van der Waals surface area contributed by atoms with Crippen molar-refractivity contribution >= 4 is 17.5 Å². The van der Waals surface area contributed by atoms with Crippen molar-refractivity contribution < 1.29 is 9.53 Å². The van der Waals surface area contributed by atoms with Gasteiger partial charge >= 0.3 is 0 Å². The standard InChI is InChI=1S/C22H21ClN2O2/c23-18-7-11-20(12-8-18)27-19-9-5-16(6-10-19)17-3-1-2-15(14-17)4-13-21(24)22(25)26/h1-3,5-12,14,21H,4,13,24H2,(H2,25,26). The first-order valence-corrected chi connectivity index (χ1v) is 9.07. The summed E-state index contributed by atoms with van der Waals surface area (Å²) in [6.07, 6.45) is 1.24. The molecule has 1 amide bonds. The smallest absolute Gasteiger partial charge is 0.234 e. The fraction of sp³-hybridized carbons (Fsp3) is 0.136. The molecule has 3 rings (SSSR count). The van der Waals surface area contributed by atoms with E-state index in [-0.39, 0.29) is 0 Å². The summed E-state index contributed by atoms with van der Waals surface area (Å²) in [6, 6.07) is 22.7. The third-order valence-corrected chi connectivity index (χ3v) is 4.53. The van der Waals surface area contributed by atoms with Gasteiger partial charge in [-0.15, -0.1) is 0 Å². The molecule has 0 heterocycles. The Morgan fingerprint density at radius 3 is 2.19 bits per heavy atom. The number of nitrogens with two attached hydrogens (primary N) is 2. The summed E-state index contributed by atoms with van der Waals surface area (Å²) in [5.41, 5.74) is 14.2. The van der Waals surface area contributed by atoms with Gasteiger partial charge in [0.15, 0.2) is 0 Å². The Labute approximate surface area is 163 Å². The Kier molecular flexibility index (Phi) is 6.12. The van der Waals surface area contributed by atoms with Crippen LogP contribution in [0.15, 0.2) is 72.8 Å². The van der Waals surface area contributed by atoms with E-state index in [2.05, 4.69) is 6.07 Å². The van der Waals surface area contributed by atoms with Crippen LogP contribution in [0.2, 0.25) is 5.02 Å². The molecule has 27 heavy (non-hydrogen) atoms. The van der Waals surface area contributed by atoms with Gasteiger partial charge in [0.05, 0.1) is 6.04 Å². The number of carbonyl (C=O) groups excluding carboxylic acids is 1. The Balaban J connectivity index is 1.68. The molecule has 0 aliphatic heterocycles. The zero-order valence-corrected chi connectivity index (χ0v) is 15.5. The molecule has 0 radical (unpaired) electrons. The highest BCUT2D eigenvalue weighted by molar-refractivity contribution is 6.30. The van der Waals surface area contributed by atoms with Crippen LogP contribution in [0.4, 0.5) is 0 Å². The van der Waals surface area contributed by atoms with E-state index in [0.717, 1.165) is 28.2 Å². The van der Waals surface area contributed by atoms with E-state index in [1.807, 2.05) is 54.6 Å². The quantitative estimate of drug-likeness (QED) is 0.631. The van der Waals surface area contributed by atoms with Crippen molar-refractivity contribution in [3.05, 3.63) is 83.4 Å². The summed E-state index contributed by atoms with van der Waals surface area (Å²) in [5, 5.41) is 0.675. The maximum Gasteiger partial charge on any atom is 0.234 e. The molecule has 138 valence electrons. The van der Waals surface area contributed by atoms with Crippen LogP contribution in [0.5, 0.6) is 11.5 Å². The predicted molar refractivity (Wildman–Crippen MR) is 109 cm³/mol. The zero-order chi connectivity index (χ0) is 19.2. The number of hydrogen-bond acceptors (Lipinski definition) is 3. The number of halogens is 1. The lowest BCUT2D eigenvalue weighted by Gasteiger charge is -2.10. The fourth-order valence-corrected chi connectivity index (χ4v) is 2.85. The Morgan fingerprint density at radius 1 is 0.926 bits per heavy atom. The lowest BCUT2D eigenvalue weighted by Crippen LogP contribution is -2.36. The monoisotopic (exact) mass is 380 g/mol. The maximum atomic E-state index is 11.1. The van der Waals surface area contributed by atoms with Crippen LogP contribution >= 0.6 is 11.6 Å². The second-order valence-corrected chi connectivity index (χ2v) is 6.76. The van der Waals surface area contributed by atoms with Crippen LogP contribution < -0.4 is 16.2 Å². The molecule has 0 fully saturated rings. The Bertz CT molecular complexity index is 908. The van der Waals surface area contributed by atoms with Crippen LogP contribution in [0.25, 0.3) is 11.1 Å². The molecule has 3 aromatic rings. The van der Waals surface area contributed by atoms with Gasteiger partial charge < -0.3 is 16.2 Å². The molecule has 1 atom stereocenters. The van der Waals surface area contributed by atoms with Crippen LogP contribution in [-0.4, -0.2) is 11.9 Å². The molecular formula is C22H21ClN2O2. The number of amides is 1. The van der Waals surface area contributed by atoms with E-state index in [1.165, 1.54) is 0 Å². The number of aryl methyl sites for hydroxylation is 1. The Hall–Kier alpha value is -2.82. The molecule has 4 nitrogen and oxygen atoms in total. The number of carbonyl (C=O) groups is 1. The van der Waals surface area contributed by atoms with E-state index >= 15 is 0 Å². The van der Waals surface area contributed by atoms with E-state index in [1.54, 1.807) is 12.1 Å². The van der Waals surface area contributed by atoms with Gasteiger partial charge in [0.2, 0.25) is 5.91 Å². The molecule has 0 bridgehead atoms. The summed E-state index contributed by atoms with van der Waals surface area (Å²) in [7, 11) is 0. The number of ether oxygens (including phenoxy) is 1. The summed E-state index contributed by atoms with van der Waals surface area (Å²) in [5.74, 6) is 1.02. The molecule has 0 saturated heterocycles. The van der Waals surface area contributed by atoms with Gasteiger partial charge in [0, 0.05) is 5.02 Å². The minimum absolute atomic E-state index is 0.470. The van der Waals surface area contributed by atoms with Crippen LogP contribution in [0.3, 0.4) is 0 Å². The predicted octanol–water partition coefficient (Wildman–Crippen LogP) is 4.54. The summed E-state index contributed by atoms with van der Waals surface area (Å²) >= 11 is 5.89. The van der Waals surface area contributed by atoms with Gasteiger partial charge in [-0.25, -0.2) is 0 Å². The topological polar surface area (TPSA) is 78.3 Å². The second-order valence-electron chi connectivity index (χ2n) is 6.33. The van der Waals surface area contributed by atoms with E-state index in [4.69, 9.17) is 27.8 Å². The SMILES string of the molecule is NC(=O)C(N)CCc1cccc(-c2ccc(Oc3ccc(Cl)cc3)cc2)c1. The van der Waals surface area contributed by atoms with Crippen molar-refractivity contribution in [1.82, 2.24) is 0 Å². The molecule has 0 saturated carbocycles. The van der Waals surface area contributed by atoms with Crippen molar-refractivity contribution in [2.45, 2.75) is 18.9 Å². The minimum Gasteiger partial charge on any atom is -0.457 e. The molecular weight excluding hydrogens is 360 g/mol. The summed E-state index contributed by atoms with van der Waals surface area (Å²) < 4.78 is 5.82. The van der Waals surface area contributed by atoms with Gasteiger partial charge in [-0.1, -0.05) is 48.0 Å². The van der Waals surface area contributed by atoms with Crippen molar-refractivity contribution in [3.8, 4) is 22.6 Å². The summed E-state index contributed by atoms with van der Waals surface area (Å²) in [6.45, 7) is 0. The van der Waals surface area contributed by atoms with E-state index in [0.29, 0.717) is 17.9 Å². The molecule has 0 aromatic heterocycles. The normalized spacial score (nSPS) is 11.8. The molecule has 0 spiro atoms. The molecule has 0 aliphatic rings. The van der Waals surface area contributed by atoms with Gasteiger partial charge in [0.1, 0.15) is 11.5 Å². The molecule has 3 aromatic carbocycles. The fourth-order valence-electron chi connectivity index (χ4n) is 2.72. The van der Waals surface area contributed by atoms with Crippen molar-refractivity contribution in [1.29, 1.82) is 0 Å². The van der Waals surface area contributed by atoms with Gasteiger partial charge in [0.25, 0.3) is 0 Å². The third kappa shape index (κ3) is 5.33. The highest BCUT2D eigenvalue weighted by Crippen LogP contribution is 2.27. The average molecular weight is 381 g/mol. The first-order chi connectivity index (χ1) is 13.0. The number of primary amides is 1. The maximum absolute atomic E-state index is 11.1. The number of rotatable bonds is 7. The largest absolute Gasteiger partial charge is 0.457 e. The highest BCUT2D eigenvalue weighted by Gasteiger charge is 2.09. The van der Waals surface area contributed by atoms with Gasteiger partial charge in [-0.3, -0.25) is 4.79 Å². The number of hydrogen-bond donors (Lipinski definition) is 2. The van der Waals surface area contributed by atoms with Crippen molar-refractivity contribution in [3.63, 3.8) is 0 Å². The summed E-state index contributed by atoms with van der Waals surface area (Å²) in [4.78, 5) is 11.1. The van der Waals surface area contributed by atoms with Crippen LogP contribution in [0.1, 0.15) is 12.0 Å². The van der Waals surface area contributed by atoms with Crippen molar-refractivity contribution in [2.24, 2.45) is 11.5 Å². The van der Waals surface area contributed by atoms with E-state index in [9.17, 15) is 4.79 Å². The molecule has 4 N–H and O–H groups in total. The van der Waals surface area contributed by atoms with Crippen molar-refractivity contribution in [2.75, 3.05) is 0 Å². The first-order valence-electron chi connectivity index (χ1n) is 8.69. The third-order valence-electron chi connectivity index (χ3n) is 4.27. The molecule has 1 unspecified atom stereocenters. The molecule has 0 aliphatic carbocycles. The van der Waals surface area contributed by atoms with Gasteiger partial charge in [-0.05, 0) is 65.9 Å². The lowest BCUT2D eigenvalue weighted by molar-refractivity contribution is -0.119. The number of benzene rings is 3. The van der Waals surface area contributed by atoms with Crippen LogP contribution in [-0.2, 0) is 11.2 Å². The van der Waals surface area contributed by atoms with E-state index < -0.39 is 11.9 Å². The Morgan fingerprint density at radius 2 is 1.56 bits per heavy atom. The van der Waals surface area contributed by atoms with Gasteiger partial charge in [-0.2, -0.15) is 0 Å². The van der Waals surface area contributed by atoms with Crippen LogP contribution in [0, 0.1) is 0 Å². The second kappa shape index (κ2) is 8.71. The zero-order valence-electron chi connectivity index (χ0n) is 14.8. The molecule has 5 heteroatoms. The lowest BCUT2D eigenvalue weighted by atomic mass is 9.99. The average Bonchev–Trinajstić information content (AvgIpc) is 2.68. The minimum atomic E-state index is -0.613. The first kappa shape index (κ1) is 19.0. The highest BCUT2D eigenvalue weighted by atomic mass is 35.5.